The highest BCUT2D eigenvalue weighted by atomic mass is 35.5. The lowest BCUT2D eigenvalue weighted by molar-refractivity contribution is -0.738. The number of quaternary nitrogens is 1. The minimum atomic E-state index is -3.92. The molecule has 2 aromatic rings. The number of sulfonamides is 2. The van der Waals surface area contributed by atoms with Gasteiger partial charge in [0.05, 0.1) is 12.5 Å². The fourth-order valence-electron chi connectivity index (χ4n) is 6.15. The molecule has 3 heterocycles. The number of halogens is 1. The second-order valence-corrected chi connectivity index (χ2v) is 15.0. The van der Waals surface area contributed by atoms with Gasteiger partial charge < -0.3 is 5.32 Å². The number of nitrogens with one attached hydrogen (secondary N) is 2. The maximum absolute atomic E-state index is 14.0. The summed E-state index contributed by atoms with van der Waals surface area (Å²) in [6.45, 7) is 2.59. The summed E-state index contributed by atoms with van der Waals surface area (Å²) >= 11 is 5.98. The van der Waals surface area contributed by atoms with Crippen molar-refractivity contribution in [3.8, 4) is 0 Å². The average molecular weight is 588 g/mol. The number of likely N-dealkylation sites (tertiary alicyclic amines) is 1. The standard InChI is InChI=1S/C24H36ClN6O5S2/c1-37(33,34)29-22(15-19-3-5-21(25)6-4-19)23(32)31(38(2,35)36)13-7-20(8-14-31)24(9-11-26-12-10-24)16-30-18-27-17-28-30/h3-6,17-18,20,22,26,29H,7-16H2,1-2H3/q+1/t20?,22-,31?/m0/s1. The second kappa shape index (κ2) is 11.3. The Balaban J connectivity index is 1.61. The Morgan fingerprint density at radius 2 is 1.79 bits per heavy atom. The summed E-state index contributed by atoms with van der Waals surface area (Å²) in [7, 11) is -7.72. The topological polar surface area (TPSA) is 140 Å². The molecule has 2 N–H and O–H groups in total. The number of carbonyl (C=O) groups is 1. The Morgan fingerprint density at radius 3 is 2.32 bits per heavy atom. The summed E-state index contributed by atoms with van der Waals surface area (Å²) in [6, 6.07) is 5.47. The van der Waals surface area contributed by atoms with Gasteiger partial charge >= 0.3 is 15.9 Å². The molecule has 1 aromatic heterocycles. The zero-order valence-corrected chi connectivity index (χ0v) is 24.1. The minimum absolute atomic E-state index is 0.0178. The van der Waals surface area contributed by atoms with Crippen LogP contribution in [-0.2, 0) is 37.8 Å². The van der Waals surface area contributed by atoms with Gasteiger partial charge in [0, 0.05) is 30.8 Å². The maximum Gasteiger partial charge on any atom is 0.347 e. The zero-order chi connectivity index (χ0) is 27.6. The van der Waals surface area contributed by atoms with Crippen LogP contribution in [-0.4, -0.2) is 86.1 Å². The van der Waals surface area contributed by atoms with Crippen molar-refractivity contribution in [3.63, 3.8) is 0 Å². The molecule has 210 valence electrons. The molecule has 14 heteroatoms. The summed E-state index contributed by atoms with van der Waals surface area (Å²) < 4.78 is 54.4. The van der Waals surface area contributed by atoms with Crippen molar-refractivity contribution < 1.29 is 25.5 Å². The van der Waals surface area contributed by atoms with E-state index in [0.717, 1.165) is 38.4 Å². The molecule has 0 aliphatic carbocycles. The lowest BCUT2D eigenvalue weighted by Crippen LogP contribution is -2.66. The van der Waals surface area contributed by atoms with Crippen LogP contribution in [0.4, 0.5) is 0 Å². The Labute approximate surface area is 229 Å². The van der Waals surface area contributed by atoms with E-state index in [4.69, 9.17) is 11.6 Å². The van der Waals surface area contributed by atoms with Gasteiger partial charge in [-0.05, 0) is 55.0 Å². The van der Waals surface area contributed by atoms with Gasteiger partial charge in [-0.1, -0.05) is 23.7 Å². The van der Waals surface area contributed by atoms with Gasteiger partial charge in [-0.25, -0.2) is 18.2 Å². The summed E-state index contributed by atoms with van der Waals surface area (Å²) in [5, 5.41) is 8.22. The van der Waals surface area contributed by atoms with E-state index in [1.807, 2.05) is 4.68 Å². The molecule has 2 aliphatic rings. The first-order chi connectivity index (χ1) is 17.8. The van der Waals surface area contributed by atoms with Crippen LogP contribution >= 0.6 is 11.6 Å². The number of carbonyl (C=O) groups excluding carboxylic acids is 1. The van der Waals surface area contributed by atoms with E-state index < -0.39 is 35.9 Å². The van der Waals surface area contributed by atoms with Crippen LogP contribution in [0.3, 0.4) is 0 Å². The molecule has 1 atom stereocenters. The van der Waals surface area contributed by atoms with E-state index in [1.165, 1.54) is 6.33 Å². The van der Waals surface area contributed by atoms with Crippen LogP contribution in [0.15, 0.2) is 36.9 Å². The molecule has 0 saturated carbocycles. The first-order valence-electron chi connectivity index (χ1n) is 12.7. The minimum Gasteiger partial charge on any atom is -0.317 e. The summed E-state index contributed by atoms with van der Waals surface area (Å²) in [4.78, 5) is 18.1. The summed E-state index contributed by atoms with van der Waals surface area (Å²) in [5.74, 6) is -0.464. The number of nitrogens with zero attached hydrogens (tertiary/aromatic N) is 4. The van der Waals surface area contributed by atoms with Gasteiger partial charge in [-0.3, -0.25) is 4.68 Å². The number of hydrogen-bond acceptors (Lipinski definition) is 8. The Kier molecular flexibility index (Phi) is 8.65. The molecule has 1 aromatic carbocycles. The predicted molar refractivity (Wildman–Crippen MR) is 144 cm³/mol. The Bertz CT molecular complexity index is 1320. The molecule has 0 spiro atoms. The monoisotopic (exact) mass is 587 g/mol. The van der Waals surface area contributed by atoms with E-state index in [1.54, 1.807) is 30.6 Å². The first-order valence-corrected chi connectivity index (χ1v) is 16.8. The molecule has 2 saturated heterocycles. The number of piperidine rings is 2. The molecule has 2 fully saturated rings. The third-order valence-electron chi connectivity index (χ3n) is 8.13. The van der Waals surface area contributed by atoms with Crippen LogP contribution in [0.25, 0.3) is 0 Å². The highest BCUT2D eigenvalue weighted by Gasteiger charge is 2.54. The van der Waals surface area contributed by atoms with Crippen molar-refractivity contribution in [2.75, 3.05) is 38.7 Å². The third kappa shape index (κ3) is 6.45. The lowest BCUT2D eigenvalue weighted by Gasteiger charge is -2.48. The van der Waals surface area contributed by atoms with Crippen LogP contribution < -0.4 is 10.0 Å². The van der Waals surface area contributed by atoms with E-state index in [0.29, 0.717) is 30.0 Å². The van der Waals surface area contributed by atoms with Gasteiger partial charge in [-0.15, -0.1) is 0 Å². The fraction of sp³-hybridized carbons (Fsp3) is 0.625. The van der Waals surface area contributed by atoms with Crippen LogP contribution in [0.5, 0.6) is 0 Å². The first kappa shape index (κ1) is 29.1. The van der Waals surface area contributed by atoms with E-state index in [-0.39, 0.29) is 30.8 Å². The van der Waals surface area contributed by atoms with Crippen molar-refractivity contribution in [2.45, 2.75) is 44.7 Å². The van der Waals surface area contributed by atoms with Gasteiger partial charge in [0.25, 0.3) is 0 Å². The third-order valence-corrected chi connectivity index (χ3v) is 10.9. The fourth-order valence-corrected chi connectivity index (χ4v) is 8.30. The highest BCUT2D eigenvalue weighted by Crippen LogP contribution is 2.45. The molecule has 0 bridgehead atoms. The zero-order valence-electron chi connectivity index (χ0n) is 21.7. The van der Waals surface area contributed by atoms with Crippen molar-refractivity contribution in [1.82, 2.24) is 24.8 Å². The van der Waals surface area contributed by atoms with Crippen molar-refractivity contribution in [2.24, 2.45) is 11.3 Å². The second-order valence-electron chi connectivity index (χ2n) is 10.7. The maximum atomic E-state index is 14.0. The van der Waals surface area contributed by atoms with Crippen LogP contribution in [0, 0.1) is 11.3 Å². The number of rotatable bonds is 9. The summed E-state index contributed by atoms with van der Waals surface area (Å²) in [5.41, 5.74) is 0.579. The Hall–Kier alpha value is -1.90. The van der Waals surface area contributed by atoms with Crippen molar-refractivity contribution >= 4 is 37.6 Å². The van der Waals surface area contributed by atoms with Gasteiger partial charge in [0.1, 0.15) is 31.8 Å². The van der Waals surface area contributed by atoms with Crippen molar-refractivity contribution in [3.05, 3.63) is 47.5 Å². The van der Waals surface area contributed by atoms with Crippen LogP contribution in [0.2, 0.25) is 5.02 Å². The molecule has 38 heavy (non-hydrogen) atoms. The lowest BCUT2D eigenvalue weighted by atomic mass is 9.65. The van der Waals surface area contributed by atoms with Gasteiger partial charge in [0.2, 0.25) is 10.0 Å². The molecule has 2 aliphatic heterocycles. The number of benzene rings is 1. The highest BCUT2D eigenvalue weighted by molar-refractivity contribution is 7.88. The van der Waals surface area contributed by atoms with E-state index >= 15 is 0 Å². The molecule has 11 nitrogen and oxygen atoms in total. The smallest absolute Gasteiger partial charge is 0.317 e. The molecular weight excluding hydrogens is 552 g/mol. The van der Waals surface area contributed by atoms with Crippen molar-refractivity contribution in [1.29, 1.82) is 0 Å². The molecule has 1 amide bonds. The number of hydrogen-bond donors (Lipinski definition) is 2. The van der Waals surface area contributed by atoms with E-state index in [2.05, 4.69) is 20.1 Å². The van der Waals surface area contributed by atoms with Gasteiger partial charge in [-0.2, -0.15) is 22.1 Å². The summed E-state index contributed by atoms with van der Waals surface area (Å²) in [6.07, 6.45) is 8.15. The number of amides is 1. The number of aromatic nitrogens is 3. The molecule has 4 rings (SSSR count). The molecule has 0 radical (unpaired) electrons. The molecule has 0 unspecified atom stereocenters. The predicted octanol–water partition coefficient (Wildman–Crippen LogP) is 1.17. The Morgan fingerprint density at radius 1 is 1.16 bits per heavy atom. The van der Waals surface area contributed by atoms with Gasteiger partial charge in [0.15, 0.2) is 0 Å². The normalized spacial score (nSPS) is 25.1. The van der Waals surface area contributed by atoms with E-state index in [9.17, 15) is 21.6 Å². The quantitative estimate of drug-likeness (QED) is 0.417. The van der Waals surface area contributed by atoms with Crippen LogP contribution in [0.1, 0.15) is 31.2 Å². The largest absolute Gasteiger partial charge is 0.347 e. The average Bonchev–Trinajstić information content (AvgIpc) is 3.36. The molecular formula is C24H36ClN6O5S2+. The SMILES string of the molecule is CS(=O)(=O)N[C@@H](Cc1ccc(Cl)cc1)C(=O)[N+]1(S(C)(=O)=O)CCC(C2(Cn3cncn3)CCNCC2)CC1.